The average Bonchev–Trinajstić information content (AvgIpc) is 3.05. The summed E-state index contributed by atoms with van der Waals surface area (Å²) in [5.41, 5.74) is 0.997. The summed E-state index contributed by atoms with van der Waals surface area (Å²) in [6.45, 7) is 2.33. The number of alkyl carbamates (subject to hydrolysis) is 1. The Morgan fingerprint density at radius 2 is 2.20 bits per heavy atom. The maximum absolute atomic E-state index is 11.9. The van der Waals surface area contributed by atoms with Gasteiger partial charge in [-0.05, 0) is 12.0 Å². The second-order valence-electron chi connectivity index (χ2n) is 5.72. The van der Waals surface area contributed by atoms with Crippen LogP contribution in [0.4, 0.5) is 4.79 Å². The molecule has 0 saturated carbocycles. The maximum atomic E-state index is 11.9. The van der Waals surface area contributed by atoms with Crippen molar-refractivity contribution in [1.82, 2.24) is 10.2 Å². The van der Waals surface area contributed by atoms with Crippen molar-refractivity contribution < 1.29 is 14.3 Å². The van der Waals surface area contributed by atoms with Crippen molar-refractivity contribution in [3.8, 4) is 0 Å². The van der Waals surface area contributed by atoms with E-state index in [0.717, 1.165) is 25.1 Å². The summed E-state index contributed by atoms with van der Waals surface area (Å²) in [6, 6.07) is 10.2. The second kappa shape index (κ2) is 4.75. The first-order chi connectivity index (χ1) is 9.81. The topological polar surface area (TPSA) is 50.8 Å². The lowest BCUT2D eigenvalue weighted by Crippen LogP contribution is -2.45. The van der Waals surface area contributed by atoms with Crippen LogP contribution in [0, 0.1) is 0 Å². The molecule has 0 radical (unpaired) electrons. The minimum Gasteiger partial charge on any atom is -0.445 e. The molecule has 3 saturated heterocycles. The molecule has 5 heteroatoms. The van der Waals surface area contributed by atoms with Crippen LogP contribution in [0.15, 0.2) is 30.3 Å². The lowest BCUT2D eigenvalue weighted by molar-refractivity contribution is 0.00809. The molecule has 1 N–H and O–H groups in total. The number of amides is 1. The summed E-state index contributed by atoms with van der Waals surface area (Å²) in [5.74, 6) is 0. The first kappa shape index (κ1) is 12.2. The Balaban J connectivity index is 1.33. The van der Waals surface area contributed by atoms with Gasteiger partial charge in [-0.1, -0.05) is 30.3 Å². The number of carbonyl (C=O) groups is 1. The number of fused-ring (bicyclic) bond motifs is 1. The van der Waals surface area contributed by atoms with E-state index in [1.807, 2.05) is 30.3 Å². The summed E-state index contributed by atoms with van der Waals surface area (Å²) in [4.78, 5) is 14.3. The zero-order valence-corrected chi connectivity index (χ0v) is 11.2. The Labute approximate surface area is 117 Å². The molecule has 20 heavy (non-hydrogen) atoms. The Bertz CT molecular complexity index is 493. The van der Waals surface area contributed by atoms with Crippen molar-refractivity contribution in [2.45, 2.75) is 37.3 Å². The zero-order chi connectivity index (χ0) is 13.5. The van der Waals surface area contributed by atoms with Crippen LogP contribution in [-0.2, 0) is 16.1 Å². The molecule has 2 bridgehead atoms. The molecule has 1 amide bonds. The van der Waals surface area contributed by atoms with Gasteiger partial charge in [-0.15, -0.1) is 0 Å². The average molecular weight is 274 g/mol. The van der Waals surface area contributed by atoms with Gasteiger partial charge in [0.25, 0.3) is 0 Å². The molecule has 0 aromatic heterocycles. The quantitative estimate of drug-likeness (QED) is 0.898. The molecule has 3 heterocycles. The SMILES string of the molecule is O=C(N[C@H]1C2CN3CC[C@H](O2)[C@H]13)OCc1ccccc1. The smallest absolute Gasteiger partial charge is 0.407 e. The van der Waals surface area contributed by atoms with Gasteiger partial charge >= 0.3 is 6.09 Å². The van der Waals surface area contributed by atoms with E-state index >= 15 is 0 Å². The highest BCUT2D eigenvalue weighted by Crippen LogP contribution is 2.39. The van der Waals surface area contributed by atoms with Crippen LogP contribution in [0.25, 0.3) is 0 Å². The number of nitrogens with one attached hydrogen (secondary N) is 1. The number of rotatable bonds is 3. The van der Waals surface area contributed by atoms with Crippen molar-refractivity contribution in [1.29, 1.82) is 0 Å². The van der Waals surface area contributed by atoms with Crippen molar-refractivity contribution in [2.75, 3.05) is 13.1 Å². The fraction of sp³-hybridized carbons (Fsp3) is 0.533. The molecule has 0 spiro atoms. The van der Waals surface area contributed by atoms with E-state index in [1.54, 1.807) is 0 Å². The van der Waals surface area contributed by atoms with Crippen molar-refractivity contribution >= 4 is 6.09 Å². The number of carbonyl (C=O) groups excluding carboxylic acids is 1. The van der Waals surface area contributed by atoms with E-state index < -0.39 is 0 Å². The number of ether oxygens (including phenoxy) is 2. The third-order valence-electron chi connectivity index (χ3n) is 4.53. The van der Waals surface area contributed by atoms with Crippen LogP contribution in [-0.4, -0.2) is 48.4 Å². The van der Waals surface area contributed by atoms with E-state index in [4.69, 9.17) is 9.47 Å². The molecule has 5 nitrogen and oxygen atoms in total. The monoisotopic (exact) mass is 274 g/mol. The number of nitrogens with zero attached hydrogens (tertiary/aromatic N) is 1. The van der Waals surface area contributed by atoms with E-state index in [-0.39, 0.29) is 18.2 Å². The van der Waals surface area contributed by atoms with Gasteiger partial charge in [0.2, 0.25) is 0 Å². The van der Waals surface area contributed by atoms with Crippen LogP contribution in [0.3, 0.4) is 0 Å². The highest BCUT2D eigenvalue weighted by Gasteiger charge is 2.57. The summed E-state index contributed by atoms with van der Waals surface area (Å²) >= 11 is 0. The van der Waals surface area contributed by atoms with E-state index in [1.165, 1.54) is 0 Å². The molecular formula is C15H18N2O3. The van der Waals surface area contributed by atoms with Crippen LogP contribution in [0.5, 0.6) is 0 Å². The van der Waals surface area contributed by atoms with Crippen LogP contribution >= 0.6 is 0 Å². The minimum atomic E-state index is -0.346. The molecule has 4 atom stereocenters. The maximum Gasteiger partial charge on any atom is 0.407 e. The van der Waals surface area contributed by atoms with Crippen molar-refractivity contribution in [2.24, 2.45) is 0 Å². The number of benzene rings is 1. The van der Waals surface area contributed by atoms with Crippen molar-refractivity contribution in [3.63, 3.8) is 0 Å². The predicted octanol–water partition coefficient (Wildman–Crippen LogP) is 1.14. The molecule has 3 aliphatic heterocycles. The lowest BCUT2D eigenvalue weighted by Gasteiger charge is -2.21. The number of hydrogen-bond donors (Lipinski definition) is 1. The van der Waals surface area contributed by atoms with E-state index in [9.17, 15) is 4.79 Å². The Morgan fingerprint density at radius 3 is 3.00 bits per heavy atom. The summed E-state index contributed by atoms with van der Waals surface area (Å²) < 4.78 is 11.2. The molecule has 3 aliphatic rings. The number of hydrogen-bond acceptors (Lipinski definition) is 4. The molecule has 106 valence electrons. The fourth-order valence-electron chi connectivity index (χ4n) is 3.66. The lowest BCUT2D eigenvalue weighted by atomic mass is 10.1. The van der Waals surface area contributed by atoms with E-state index in [0.29, 0.717) is 18.8 Å². The second-order valence-corrected chi connectivity index (χ2v) is 5.72. The summed E-state index contributed by atoms with van der Waals surface area (Å²) in [7, 11) is 0. The largest absolute Gasteiger partial charge is 0.445 e. The minimum absolute atomic E-state index is 0.0887. The molecule has 4 rings (SSSR count). The van der Waals surface area contributed by atoms with Gasteiger partial charge in [0.1, 0.15) is 6.61 Å². The Kier molecular flexibility index (Phi) is 2.89. The van der Waals surface area contributed by atoms with Crippen molar-refractivity contribution in [3.05, 3.63) is 35.9 Å². The first-order valence-electron chi connectivity index (χ1n) is 7.18. The van der Waals surface area contributed by atoms with Crippen LogP contribution in [0.2, 0.25) is 0 Å². The normalized spacial score (nSPS) is 34.4. The Hall–Kier alpha value is -1.59. The van der Waals surface area contributed by atoms with Gasteiger partial charge in [0.15, 0.2) is 0 Å². The van der Waals surface area contributed by atoms with Crippen LogP contribution < -0.4 is 5.32 Å². The van der Waals surface area contributed by atoms with Gasteiger partial charge < -0.3 is 14.8 Å². The molecule has 0 aliphatic carbocycles. The van der Waals surface area contributed by atoms with Gasteiger partial charge in [-0.3, -0.25) is 4.90 Å². The predicted molar refractivity (Wildman–Crippen MR) is 72.2 cm³/mol. The van der Waals surface area contributed by atoms with Gasteiger partial charge in [0, 0.05) is 13.1 Å². The van der Waals surface area contributed by atoms with Gasteiger partial charge in [0.05, 0.1) is 24.3 Å². The van der Waals surface area contributed by atoms with Gasteiger partial charge in [-0.25, -0.2) is 4.79 Å². The third kappa shape index (κ3) is 1.98. The third-order valence-corrected chi connectivity index (χ3v) is 4.53. The fourth-order valence-corrected chi connectivity index (χ4v) is 3.66. The highest BCUT2D eigenvalue weighted by molar-refractivity contribution is 5.68. The molecule has 1 unspecified atom stereocenters. The molecule has 1 aromatic rings. The van der Waals surface area contributed by atoms with E-state index in [2.05, 4.69) is 10.2 Å². The standard InChI is InChI=1S/C15H18N2O3/c18-15(19-9-10-4-2-1-3-5-10)16-13-12-8-17-7-6-11(20-12)14(13)17/h1-5,11-14H,6-9H2,(H,16,18)/t11-,12?,13-,14+/m0/s1. The Morgan fingerprint density at radius 1 is 1.35 bits per heavy atom. The molecule has 3 fully saturated rings. The molecular weight excluding hydrogens is 256 g/mol. The highest BCUT2D eigenvalue weighted by atomic mass is 16.6. The van der Waals surface area contributed by atoms with Crippen LogP contribution in [0.1, 0.15) is 12.0 Å². The summed E-state index contributed by atoms with van der Waals surface area (Å²) in [6.07, 6.45) is 1.17. The first-order valence-corrected chi connectivity index (χ1v) is 7.18. The number of morpholine rings is 1. The zero-order valence-electron chi connectivity index (χ0n) is 11.2. The molecule has 1 aromatic carbocycles. The van der Waals surface area contributed by atoms with Gasteiger partial charge in [-0.2, -0.15) is 0 Å². The summed E-state index contributed by atoms with van der Waals surface area (Å²) in [5, 5.41) is 2.98.